The van der Waals surface area contributed by atoms with Crippen molar-refractivity contribution in [2.24, 2.45) is 5.73 Å². The van der Waals surface area contributed by atoms with Gasteiger partial charge < -0.3 is 15.5 Å². The summed E-state index contributed by atoms with van der Waals surface area (Å²) in [4.78, 5) is 9.41. The maximum absolute atomic E-state index is 5.83. The van der Waals surface area contributed by atoms with Gasteiger partial charge in [0.1, 0.15) is 5.82 Å². The lowest BCUT2D eigenvalue weighted by atomic mass is 10.1. The molecule has 0 saturated heterocycles. The average Bonchev–Trinajstić information content (AvgIpc) is 2.48. The first-order valence-corrected chi connectivity index (χ1v) is 8.28. The van der Waals surface area contributed by atoms with E-state index in [1.165, 1.54) is 12.0 Å². The number of nitrogens with zero attached hydrogens (tertiary/aromatic N) is 3. The average molecular weight is 292 g/mol. The summed E-state index contributed by atoms with van der Waals surface area (Å²) in [6, 6.07) is 4.46. The van der Waals surface area contributed by atoms with Gasteiger partial charge in [0.05, 0.1) is 0 Å². The molecule has 120 valence electrons. The normalized spacial score (nSPS) is 12.7. The van der Waals surface area contributed by atoms with E-state index in [-0.39, 0.29) is 6.04 Å². The van der Waals surface area contributed by atoms with Crippen LogP contribution in [0.4, 0.5) is 5.82 Å². The van der Waals surface area contributed by atoms with E-state index >= 15 is 0 Å². The monoisotopic (exact) mass is 292 g/mol. The minimum Gasteiger partial charge on any atom is -0.357 e. The quantitative estimate of drug-likeness (QED) is 0.720. The van der Waals surface area contributed by atoms with Crippen molar-refractivity contribution in [2.75, 3.05) is 37.6 Å². The molecule has 1 aromatic rings. The van der Waals surface area contributed by atoms with Crippen LogP contribution < -0.4 is 10.6 Å². The van der Waals surface area contributed by atoms with Crippen LogP contribution in [0.2, 0.25) is 0 Å². The van der Waals surface area contributed by atoms with E-state index in [4.69, 9.17) is 5.73 Å². The zero-order valence-corrected chi connectivity index (χ0v) is 14.2. The summed E-state index contributed by atoms with van der Waals surface area (Å²) >= 11 is 0. The molecule has 1 unspecified atom stereocenters. The number of anilines is 1. The van der Waals surface area contributed by atoms with Gasteiger partial charge in [-0.3, -0.25) is 0 Å². The first kappa shape index (κ1) is 17.9. The third-order valence-electron chi connectivity index (χ3n) is 3.87. The maximum Gasteiger partial charge on any atom is 0.128 e. The standard InChI is InChI=1S/C17H32N4/c1-5-20(6-2)11-8-12-21(7-3)17-10-9-16(14-19-17)13-15(4)18/h9-10,14-15H,5-8,11-13,18H2,1-4H3. The molecule has 0 amide bonds. The Morgan fingerprint density at radius 1 is 1.10 bits per heavy atom. The Bertz CT molecular complexity index is 371. The molecular weight excluding hydrogens is 260 g/mol. The Kier molecular flexibility index (Phi) is 8.31. The van der Waals surface area contributed by atoms with Gasteiger partial charge in [0.25, 0.3) is 0 Å². The molecular formula is C17H32N4. The van der Waals surface area contributed by atoms with Crippen molar-refractivity contribution in [3.8, 4) is 0 Å². The fraction of sp³-hybridized carbons (Fsp3) is 0.706. The highest BCUT2D eigenvalue weighted by Crippen LogP contribution is 2.12. The molecule has 21 heavy (non-hydrogen) atoms. The number of nitrogens with two attached hydrogens (primary N) is 1. The molecule has 1 aromatic heterocycles. The second-order valence-electron chi connectivity index (χ2n) is 5.67. The van der Waals surface area contributed by atoms with Crippen LogP contribution in [0.25, 0.3) is 0 Å². The lowest BCUT2D eigenvalue weighted by Gasteiger charge is -2.24. The molecule has 0 bridgehead atoms. The van der Waals surface area contributed by atoms with Crippen molar-refractivity contribution in [1.82, 2.24) is 9.88 Å². The first-order chi connectivity index (χ1) is 10.1. The van der Waals surface area contributed by atoms with Crippen LogP contribution in [0.15, 0.2) is 18.3 Å². The van der Waals surface area contributed by atoms with Crippen LogP contribution in [0.3, 0.4) is 0 Å². The van der Waals surface area contributed by atoms with Gasteiger partial charge in [0.15, 0.2) is 0 Å². The van der Waals surface area contributed by atoms with Crippen molar-refractivity contribution in [3.05, 3.63) is 23.9 Å². The highest BCUT2D eigenvalue weighted by atomic mass is 15.2. The van der Waals surface area contributed by atoms with Crippen LogP contribution in [0.5, 0.6) is 0 Å². The zero-order valence-electron chi connectivity index (χ0n) is 14.2. The molecule has 1 atom stereocenters. The molecule has 0 aliphatic heterocycles. The van der Waals surface area contributed by atoms with E-state index in [0.29, 0.717) is 0 Å². The topological polar surface area (TPSA) is 45.4 Å². The van der Waals surface area contributed by atoms with Gasteiger partial charge in [-0.15, -0.1) is 0 Å². The molecule has 0 radical (unpaired) electrons. The Morgan fingerprint density at radius 2 is 1.81 bits per heavy atom. The third-order valence-corrected chi connectivity index (χ3v) is 3.87. The fourth-order valence-corrected chi connectivity index (χ4v) is 2.56. The Labute approximate surface area is 130 Å². The minimum absolute atomic E-state index is 0.189. The number of hydrogen-bond acceptors (Lipinski definition) is 4. The lowest BCUT2D eigenvalue weighted by Crippen LogP contribution is -2.30. The lowest BCUT2D eigenvalue weighted by molar-refractivity contribution is 0.300. The Morgan fingerprint density at radius 3 is 2.29 bits per heavy atom. The molecule has 4 heteroatoms. The molecule has 1 rings (SSSR count). The molecule has 0 saturated carbocycles. The summed E-state index contributed by atoms with van der Waals surface area (Å²) in [5.74, 6) is 1.07. The van der Waals surface area contributed by atoms with Crippen molar-refractivity contribution in [3.63, 3.8) is 0 Å². The van der Waals surface area contributed by atoms with Gasteiger partial charge in [0.2, 0.25) is 0 Å². The van der Waals surface area contributed by atoms with Crippen molar-refractivity contribution in [2.45, 2.75) is 46.6 Å². The SMILES string of the molecule is CCN(CC)CCCN(CC)c1ccc(CC(C)N)cn1. The summed E-state index contributed by atoms with van der Waals surface area (Å²) in [5.41, 5.74) is 7.04. The zero-order chi connectivity index (χ0) is 15.7. The van der Waals surface area contributed by atoms with Gasteiger partial charge in [-0.1, -0.05) is 19.9 Å². The summed E-state index contributed by atoms with van der Waals surface area (Å²) in [6.45, 7) is 14.1. The molecule has 0 spiro atoms. The van der Waals surface area contributed by atoms with Crippen LogP contribution in [-0.2, 0) is 6.42 Å². The number of aromatic nitrogens is 1. The predicted octanol–water partition coefficient (Wildman–Crippen LogP) is 2.53. The summed E-state index contributed by atoms with van der Waals surface area (Å²) in [5, 5.41) is 0. The van der Waals surface area contributed by atoms with E-state index in [2.05, 4.69) is 47.7 Å². The molecule has 4 nitrogen and oxygen atoms in total. The second-order valence-corrected chi connectivity index (χ2v) is 5.67. The van der Waals surface area contributed by atoms with Gasteiger partial charge >= 0.3 is 0 Å². The predicted molar refractivity (Wildman–Crippen MR) is 91.9 cm³/mol. The van der Waals surface area contributed by atoms with Gasteiger partial charge in [-0.25, -0.2) is 4.98 Å². The smallest absolute Gasteiger partial charge is 0.128 e. The highest BCUT2D eigenvalue weighted by Gasteiger charge is 2.07. The Balaban J connectivity index is 2.51. The molecule has 0 fully saturated rings. The molecule has 0 aliphatic rings. The maximum atomic E-state index is 5.83. The second kappa shape index (κ2) is 9.74. The number of pyridine rings is 1. The summed E-state index contributed by atoms with van der Waals surface area (Å²) in [7, 11) is 0. The van der Waals surface area contributed by atoms with Crippen molar-refractivity contribution >= 4 is 5.82 Å². The molecule has 0 aliphatic carbocycles. The van der Waals surface area contributed by atoms with E-state index in [9.17, 15) is 0 Å². The van der Waals surface area contributed by atoms with Crippen molar-refractivity contribution in [1.29, 1.82) is 0 Å². The van der Waals surface area contributed by atoms with E-state index in [1.54, 1.807) is 0 Å². The first-order valence-electron chi connectivity index (χ1n) is 8.28. The molecule has 2 N–H and O–H groups in total. The third kappa shape index (κ3) is 6.44. The van der Waals surface area contributed by atoms with Crippen LogP contribution in [-0.4, -0.2) is 48.6 Å². The summed E-state index contributed by atoms with van der Waals surface area (Å²) in [6.07, 6.45) is 4.03. The van der Waals surface area contributed by atoms with E-state index in [0.717, 1.165) is 45.0 Å². The van der Waals surface area contributed by atoms with Crippen molar-refractivity contribution < 1.29 is 0 Å². The van der Waals surface area contributed by atoms with Crippen LogP contribution in [0, 0.1) is 0 Å². The Hall–Kier alpha value is -1.13. The summed E-state index contributed by atoms with van der Waals surface area (Å²) < 4.78 is 0. The van der Waals surface area contributed by atoms with E-state index in [1.807, 2.05) is 13.1 Å². The molecule has 1 heterocycles. The largest absolute Gasteiger partial charge is 0.357 e. The minimum atomic E-state index is 0.189. The number of hydrogen-bond donors (Lipinski definition) is 1. The highest BCUT2D eigenvalue weighted by molar-refractivity contribution is 5.39. The van der Waals surface area contributed by atoms with Gasteiger partial charge in [-0.05, 0) is 58.0 Å². The fourth-order valence-electron chi connectivity index (χ4n) is 2.56. The van der Waals surface area contributed by atoms with Gasteiger partial charge in [0, 0.05) is 25.3 Å². The van der Waals surface area contributed by atoms with Crippen LogP contribution >= 0.6 is 0 Å². The molecule has 0 aromatic carbocycles. The number of rotatable bonds is 10. The van der Waals surface area contributed by atoms with Gasteiger partial charge in [-0.2, -0.15) is 0 Å². The van der Waals surface area contributed by atoms with E-state index < -0.39 is 0 Å². The van der Waals surface area contributed by atoms with Crippen LogP contribution in [0.1, 0.15) is 39.7 Å².